The number of rotatable bonds is 7. The Bertz CT molecular complexity index is 641. The second-order valence-electron chi connectivity index (χ2n) is 5.67. The number of halogens is 1. The summed E-state index contributed by atoms with van der Waals surface area (Å²) >= 11 is 0. The van der Waals surface area contributed by atoms with Crippen LogP contribution >= 0.6 is 0 Å². The number of ether oxygens (including phenoxy) is 3. The van der Waals surface area contributed by atoms with Crippen LogP contribution < -0.4 is 0 Å². The summed E-state index contributed by atoms with van der Waals surface area (Å²) in [5, 5.41) is 9.44. The van der Waals surface area contributed by atoms with E-state index in [4.69, 9.17) is 14.2 Å². The van der Waals surface area contributed by atoms with Crippen LogP contribution in [0.1, 0.15) is 17.5 Å². The Balaban J connectivity index is 1.85. The molecule has 0 radical (unpaired) electrons. The average molecular weight is 332 g/mol. The number of hydrogen-bond donors (Lipinski definition) is 1. The minimum Gasteiger partial charge on any atom is -0.396 e. The van der Waals surface area contributed by atoms with Crippen molar-refractivity contribution in [1.29, 1.82) is 0 Å². The van der Waals surface area contributed by atoms with E-state index < -0.39 is 11.9 Å². The lowest BCUT2D eigenvalue weighted by atomic mass is 9.97. The molecule has 128 valence electrons. The molecule has 3 rings (SSSR count). The highest BCUT2D eigenvalue weighted by atomic mass is 19.1. The summed E-state index contributed by atoms with van der Waals surface area (Å²) < 4.78 is 31.4. The van der Waals surface area contributed by atoms with Gasteiger partial charge in [0.15, 0.2) is 0 Å². The van der Waals surface area contributed by atoms with E-state index in [2.05, 4.69) is 0 Å². The molecule has 0 aromatic heterocycles. The second-order valence-corrected chi connectivity index (χ2v) is 5.67. The molecule has 1 aliphatic rings. The van der Waals surface area contributed by atoms with Crippen LogP contribution in [-0.2, 0) is 26.6 Å². The van der Waals surface area contributed by atoms with Crippen molar-refractivity contribution in [3.63, 3.8) is 0 Å². The molecule has 5 heteroatoms. The molecule has 1 aliphatic heterocycles. The molecule has 0 amide bonds. The van der Waals surface area contributed by atoms with Gasteiger partial charge in [0.2, 0.25) is 5.79 Å². The maximum atomic E-state index is 13.7. The zero-order chi connectivity index (χ0) is 16.8. The summed E-state index contributed by atoms with van der Waals surface area (Å²) in [7, 11) is 0. The van der Waals surface area contributed by atoms with Crippen LogP contribution in [-0.4, -0.2) is 31.0 Å². The molecule has 2 aromatic carbocycles. The highest BCUT2D eigenvalue weighted by Crippen LogP contribution is 2.38. The van der Waals surface area contributed by atoms with Crippen LogP contribution in [0, 0.1) is 5.82 Å². The van der Waals surface area contributed by atoms with Gasteiger partial charge in [-0.25, -0.2) is 4.39 Å². The van der Waals surface area contributed by atoms with Gasteiger partial charge in [-0.3, -0.25) is 0 Å². The lowest BCUT2D eigenvalue weighted by molar-refractivity contribution is -0.249. The van der Waals surface area contributed by atoms with Gasteiger partial charge in [-0.05, 0) is 17.7 Å². The van der Waals surface area contributed by atoms with Crippen LogP contribution in [0.2, 0.25) is 0 Å². The summed E-state index contributed by atoms with van der Waals surface area (Å²) in [5.74, 6) is -1.56. The molecule has 1 heterocycles. The third-order valence-electron chi connectivity index (χ3n) is 4.05. The molecule has 1 saturated heterocycles. The summed E-state index contributed by atoms with van der Waals surface area (Å²) in [6, 6.07) is 15.9. The number of aliphatic hydroxyl groups is 1. The molecule has 1 unspecified atom stereocenters. The van der Waals surface area contributed by atoms with Gasteiger partial charge in [0.05, 0.1) is 19.8 Å². The van der Waals surface area contributed by atoms with Crippen LogP contribution in [0.15, 0.2) is 54.6 Å². The van der Waals surface area contributed by atoms with E-state index in [1.54, 1.807) is 12.1 Å². The lowest BCUT2D eigenvalue weighted by Gasteiger charge is -2.35. The van der Waals surface area contributed by atoms with Crippen molar-refractivity contribution in [2.45, 2.75) is 24.9 Å². The second kappa shape index (κ2) is 7.85. The van der Waals surface area contributed by atoms with E-state index in [1.807, 2.05) is 30.3 Å². The molecule has 2 aromatic rings. The van der Waals surface area contributed by atoms with Crippen LogP contribution in [0.25, 0.3) is 0 Å². The fourth-order valence-corrected chi connectivity index (χ4v) is 2.94. The Hall–Kier alpha value is -1.79. The van der Waals surface area contributed by atoms with E-state index >= 15 is 0 Å². The van der Waals surface area contributed by atoms with Crippen molar-refractivity contribution in [2.75, 3.05) is 19.8 Å². The van der Waals surface area contributed by atoms with Gasteiger partial charge in [-0.2, -0.15) is 0 Å². The predicted octanol–water partition coefficient (Wildman–Crippen LogP) is 2.99. The van der Waals surface area contributed by atoms with Crippen LogP contribution in [0.5, 0.6) is 0 Å². The summed E-state index contributed by atoms with van der Waals surface area (Å²) in [6.07, 6.45) is -0.226. The summed E-state index contributed by atoms with van der Waals surface area (Å²) in [5.41, 5.74) is 1.57. The zero-order valence-corrected chi connectivity index (χ0v) is 13.4. The Morgan fingerprint density at radius 2 is 1.83 bits per heavy atom. The third-order valence-corrected chi connectivity index (χ3v) is 4.05. The highest BCUT2D eigenvalue weighted by Gasteiger charge is 2.47. The van der Waals surface area contributed by atoms with Crippen molar-refractivity contribution in [2.24, 2.45) is 0 Å². The Kier molecular flexibility index (Phi) is 5.58. The normalized spacial score (nSPS) is 17.8. The number of hydrogen-bond acceptors (Lipinski definition) is 4. The highest BCUT2D eigenvalue weighted by molar-refractivity contribution is 5.24. The lowest BCUT2D eigenvalue weighted by Crippen LogP contribution is -2.43. The zero-order valence-electron chi connectivity index (χ0n) is 13.4. The minimum absolute atomic E-state index is 0.0801. The van der Waals surface area contributed by atoms with Crippen molar-refractivity contribution in [3.05, 3.63) is 71.5 Å². The quantitative estimate of drug-likeness (QED) is 0.847. The van der Waals surface area contributed by atoms with Crippen LogP contribution in [0.3, 0.4) is 0 Å². The molecule has 1 N–H and O–H groups in total. The third kappa shape index (κ3) is 3.65. The molecule has 0 bridgehead atoms. The summed E-state index contributed by atoms with van der Waals surface area (Å²) in [6.45, 7) is 1.07. The van der Waals surface area contributed by atoms with Crippen molar-refractivity contribution < 1.29 is 23.7 Å². The van der Waals surface area contributed by atoms with E-state index in [0.29, 0.717) is 31.8 Å². The minimum atomic E-state index is -1.19. The standard InChI is InChI=1S/C19H21FO4/c20-17-8-4-7-16(13-17)19(23-11-12-24-19)18(9-10-21)22-14-15-5-2-1-3-6-15/h1-8,13,18,21H,9-12,14H2. The topological polar surface area (TPSA) is 47.9 Å². The average Bonchev–Trinajstić information content (AvgIpc) is 3.10. The Morgan fingerprint density at radius 3 is 2.50 bits per heavy atom. The molecule has 1 fully saturated rings. The Morgan fingerprint density at radius 1 is 1.08 bits per heavy atom. The van der Waals surface area contributed by atoms with Gasteiger partial charge in [-0.1, -0.05) is 42.5 Å². The summed E-state index contributed by atoms with van der Waals surface area (Å²) in [4.78, 5) is 0. The first-order chi connectivity index (χ1) is 11.7. The van der Waals surface area contributed by atoms with Gasteiger partial charge in [0, 0.05) is 18.6 Å². The molecule has 0 saturated carbocycles. The molecular formula is C19H21FO4. The van der Waals surface area contributed by atoms with Gasteiger partial charge < -0.3 is 19.3 Å². The monoisotopic (exact) mass is 332 g/mol. The first kappa shape index (κ1) is 17.0. The molecular weight excluding hydrogens is 311 g/mol. The number of benzene rings is 2. The van der Waals surface area contributed by atoms with Gasteiger partial charge in [0.1, 0.15) is 11.9 Å². The van der Waals surface area contributed by atoms with Gasteiger partial charge in [0.25, 0.3) is 0 Å². The Labute approximate surface area is 140 Å². The number of aliphatic hydroxyl groups excluding tert-OH is 1. The SMILES string of the molecule is OCCC(OCc1ccccc1)C1(c2cccc(F)c2)OCCO1. The van der Waals surface area contributed by atoms with Crippen molar-refractivity contribution in [3.8, 4) is 0 Å². The first-order valence-corrected chi connectivity index (χ1v) is 8.05. The van der Waals surface area contributed by atoms with Gasteiger partial charge in [-0.15, -0.1) is 0 Å². The van der Waals surface area contributed by atoms with Crippen molar-refractivity contribution >= 4 is 0 Å². The molecule has 24 heavy (non-hydrogen) atoms. The molecule has 4 nitrogen and oxygen atoms in total. The first-order valence-electron chi connectivity index (χ1n) is 8.05. The molecule has 1 atom stereocenters. The van der Waals surface area contributed by atoms with Crippen molar-refractivity contribution in [1.82, 2.24) is 0 Å². The maximum absolute atomic E-state index is 13.7. The fraction of sp³-hybridized carbons (Fsp3) is 0.368. The fourth-order valence-electron chi connectivity index (χ4n) is 2.94. The predicted molar refractivity (Wildman–Crippen MR) is 86.7 cm³/mol. The van der Waals surface area contributed by atoms with E-state index in [0.717, 1.165) is 5.56 Å². The van der Waals surface area contributed by atoms with Crippen LogP contribution in [0.4, 0.5) is 4.39 Å². The molecule has 0 spiro atoms. The van der Waals surface area contributed by atoms with Gasteiger partial charge >= 0.3 is 0 Å². The molecule has 0 aliphatic carbocycles. The van der Waals surface area contributed by atoms with E-state index in [1.165, 1.54) is 12.1 Å². The smallest absolute Gasteiger partial charge is 0.222 e. The van der Waals surface area contributed by atoms with E-state index in [-0.39, 0.29) is 12.4 Å². The maximum Gasteiger partial charge on any atom is 0.222 e. The largest absolute Gasteiger partial charge is 0.396 e. The van der Waals surface area contributed by atoms with E-state index in [9.17, 15) is 9.50 Å².